The normalized spacial score (nSPS) is 13.1. The van der Waals surface area contributed by atoms with Gasteiger partial charge in [-0.3, -0.25) is 4.90 Å². The molecule has 0 amide bonds. The van der Waals surface area contributed by atoms with Crippen LogP contribution in [0.1, 0.15) is 12.5 Å². The highest BCUT2D eigenvalue weighted by atomic mass is 35.5. The van der Waals surface area contributed by atoms with E-state index in [4.69, 9.17) is 11.6 Å². The fourth-order valence-corrected chi connectivity index (χ4v) is 2.16. The van der Waals surface area contributed by atoms with Crippen LogP contribution in [0.15, 0.2) is 18.3 Å². The molecule has 0 saturated carbocycles. The predicted octanol–water partition coefficient (Wildman–Crippen LogP) is 2.92. The van der Waals surface area contributed by atoms with Crippen LogP contribution in [0.3, 0.4) is 0 Å². The molecule has 84 valence electrons. The molecule has 0 aliphatic rings. The van der Waals surface area contributed by atoms with Gasteiger partial charge in [0.1, 0.15) is 5.15 Å². The van der Waals surface area contributed by atoms with Gasteiger partial charge >= 0.3 is 0 Å². The average molecular weight is 245 g/mol. The second-order valence-corrected chi connectivity index (χ2v) is 5.01. The molecule has 0 radical (unpaired) electrons. The van der Waals surface area contributed by atoms with Crippen LogP contribution in [0.5, 0.6) is 0 Å². The number of pyridine rings is 1. The van der Waals surface area contributed by atoms with E-state index in [9.17, 15) is 0 Å². The van der Waals surface area contributed by atoms with Crippen molar-refractivity contribution in [3.05, 3.63) is 29.0 Å². The van der Waals surface area contributed by atoms with Crippen molar-refractivity contribution < 1.29 is 0 Å². The second kappa shape index (κ2) is 6.36. The molecule has 1 aromatic rings. The Bertz CT molecular complexity index is 289. The first-order chi connectivity index (χ1) is 7.13. The summed E-state index contributed by atoms with van der Waals surface area (Å²) in [5.41, 5.74) is 1.20. The lowest BCUT2D eigenvalue weighted by molar-refractivity contribution is 0.269. The quantitative estimate of drug-likeness (QED) is 0.741. The number of aromatic nitrogens is 1. The average Bonchev–Trinajstić information content (AvgIpc) is 2.22. The van der Waals surface area contributed by atoms with Gasteiger partial charge in [-0.25, -0.2) is 4.98 Å². The highest BCUT2D eigenvalue weighted by molar-refractivity contribution is 7.98. The summed E-state index contributed by atoms with van der Waals surface area (Å²) < 4.78 is 0. The van der Waals surface area contributed by atoms with E-state index >= 15 is 0 Å². The molecule has 1 rings (SSSR count). The minimum atomic E-state index is 0.554. The molecule has 15 heavy (non-hydrogen) atoms. The van der Waals surface area contributed by atoms with E-state index in [0.717, 1.165) is 12.3 Å². The molecule has 2 nitrogen and oxygen atoms in total. The van der Waals surface area contributed by atoms with Gasteiger partial charge in [-0.15, -0.1) is 0 Å². The summed E-state index contributed by atoms with van der Waals surface area (Å²) in [4.78, 5) is 6.39. The van der Waals surface area contributed by atoms with E-state index in [1.807, 2.05) is 30.1 Å². The number of nitrogens with zero attached hydrogens (tertiary/aromatic N) is 2. The van der Waals surface area contributed by atoms with Gasteiger partial charge in [-0.1, -0.05) is 17.7 Å². The maximum absolute atomic E-state index is 5.73. The molecule has 0 aliphatic carbocycles. The van der Waals surface area contributed by atoms with Crippen LogP contribution in [-0.2, 0) is 6.54 Å². The molecule has 1 aromatic heterocycles. The summed E-state index contributed by atoms with van der Waals surface area (Å²) in [6, 6.07) is 4.44. The van der Waals surface area contributed by atoms with Crippen LogP contribution in [0.4, 0.5) is 0 Å². The van der Waals surface area contributed by atoms with Crippen molar-refractivity contribution >= 4 is 23.4 Å². The zero-order valence-corrected chi connectivity index (χ0v) is 11.0. The lowest BCUT2D eigenvalue weighted by Crippen LogP contribution is -2.30. The van der Waals surface area contributed by atoms with Gasteiger partial charge in [0.2, 0.25) is 0 Å². The number of rotatable bonds is 5. The molecule has 0 bridgehead atoms. The summed E-state index contributed by atoms with van der Waals surface area (Å²) in [7, 11) is 2.13. The Morgan fingerprint density at radius 2 is 2.27 bits per heavy atom. The fourth-order valence-electron chi connectivity index (χ4n) is 1.31. The highest BCUT2D eigenvalue weighted by Crippen LogP contribution is 2.10. The maximum Gasteiger partial charge on any atom is 0.129 e. The third-order valence-corrected chi connectivity index (χ3v) is 3.42. The second-order valence-electron chi connectivity index (χ2n) is 3.71. The molecule has 0 spiro atoms. The maximum atomic E-state index is 5.73. The van der Waals surface area contributed by atoms with Crippen molar-refractivity contribution in [1.82, 2.24) is 9.88 Å². The SMILES string of the molecule is CSCC(C)N(C)Cc1ccc(Cl)nc1. The molecule has 1 heterocycles. The van der Waals surface area contributed by atoms with E-state index in [-0.39, 0.29) is 0 Å². The Morgan fingerprint density at radius 1 is 1.53 bits per heavy atom. The summed E-state index contributed by atoms with van der Waals surface area (Å²) in [6.07, 6.45) is 3.97. The standard InChI is InChI=1S/C11H17ClN2S/c1-9(8-15-3)14(2)7-10-4-5-11(12)13-6-10/h4-6,9H,7-8H2,1-3H3. The Balaban J connectivity index is 2.50. The Labute approximate surface area is 101 Å². The van der Waals surface area contributed by atoms with E-state index in [1.165, 1.54) is 5.56 Å². The van der Waals surface area contributed by atoms with Gasteiger partial charge in [0, 0.05) is 24.5 Å². The fraction of sp³-hybridized carbons (Fsp3) is 0.545. The van der Waals surface area contributed by atoms with Gasteiger partial charge in [0.15, 0.2) is 0 Å². The van der Waals surface area contributed by atoms with Crippen LogP contribution in [-0.4, -0.2) is 35.0 Å². The lowest BCUT2D eigenvalue weighted by atomic mass is 10.2. The van der Waals surface area contributed by atoms with Crippen molar-refractivity contribution in [2.24, 2.45) is 0 Å². The van der Waals surface area contributed by atoms with Gasteiger partial charge in [0.25, 0.3) is 0 Å². The molecule has 1 atom stereocenters. The molecule has 0 fully saturated rings. The first-order valence-corrected chi connectivity index (χ1v) is 6.70. The van der Waals surface area contributed by atoms with Crippen LogP contribution in [0.25, 0.3) is 0 Å². The first-order valence-electron chi connectivity index (χ1n) is 4.93. The molecule has 0 N–H and O–H groups in total. The van der Waals surface area contributed by atoms with Crippen LogP contribution < -0.4 is 0 Å². The zero-order valence-electron chi connectivity index (χ0n) is 9.40. The van der Waals surface area contributed by atoms with E-state index in [2.05, 4.69) is 30.1 Å². The van der Waals surface area contributed by atoms with E-state index < -0.39 is 0 Å². The summed E-state index contributed by atoms with van der Waals surface area (Å²) in [5, 5.41) is 0.554. The van der Waals surface area contributed by atoms with Gasteiger partial charge in [-0.2, -0.15) is 11.8 Å². The smallest absolute Gasteiger partial charge is 0.129 e. The number of thioether (sulfide) groups is 1. The highest BCUT2D eigenvalue weighted by Gasteiger charge is 2.08. The van der Waals surface area contributed by atoms with E-state index in [1.54, 1.807) is 0 Å². The molecular formula is C11H17ClN2S. The van der Waals surface area contributed by atoms with Crippen molar-refractivity contribution in [2.75, 3.05) is 19.1 Å². The van der Waals surface area contributed by atoms with Crippen molar-refractivity contribution in [2.45, 2.75) is 19.5 Å². The number of halogens is 1. The minimum absolute atomic E-state index is 0.554. The van der Waals surface area contributed by atoms with Crippen molar-refractivity contribution in [3.63, 3.8) is 0 Å². The van der Waals surface area contributed by atoms with Crippen molar-refractivity contribution in [3.8, 4) is 0 Å². The monoisotopic (exact) mass is 244 g/mol. The Kier molecular flexibility index (Phi) is 5.43. The topological polar surface area (TPSA) is 16.1 Å². The lowest BCUT2D eigenvalue weighted by Gasteiger charge is -2.23. The molecule has 0 aromatic carbocycles. The largest absolute Gasteiger partial charge is 0.299 e. The predicted molar refractivity (Wildman–Crippen MR) is 68.6 cm³/mol. The number of hydrogen-bond acceptors (Lipinski definition) is 3. The van der Waals surface area contributed by atoms with Crippen LogP contribution in [0.2, 0.25) is 5.15 Å². The Hall–Kier alpha value is -0.250. The third kappa shape index (κ3) is 4.41. The first kappa shape index (κ1) is 12.8. The van der Waals surface area contributed by atoms with Crippen molar-refractivity contribution in [1.29, 1.82) is 0 Å². The van der Waals surface area contributed by atoms with Gasteiger partial charge < -0.3 is 0 Å². The minimum Gasteiger partial charge on any atom is -0.299 e. The summed E-state index contributed by atoms with van der Waals surface area (Å²) >= 11 is 7.61. The third-order valence-electron chi connectivity index (χ3n) is 2.38. The van der Waals surface area contributed by atoms with Crippen LogP contribution >= 0.6 is 23.4 Å². The van der Waals surface area contributed by atoms with Crippen LogP contribution in [0, 0.1) is 0 Å². The Morgan fingerprint density at radius 3 is 2.80 bits per heavy atom. The van der Waals surface area contributed by atoms with E-state index in [0.29, 0.717) is 11.2 Å². The molecular weight excluding hydrogens is 228 g/mol. The molecule has 1 unspecified atom stereocenters. The van der Waals surface area contributed by atoms with Gasteiger partial charge in [0.05, 0.1) is 0 Å². The van der Waals surface area contributed by atoms with Gasteiger partial charge in [-0.05, 0) is 31.9 Å². The molecule has 0 aliphatic heterocycles. The number of hydrogen-bond donors (Lipinski definition) is 0. The summed E-state index contributed by atoms with van der Waals surface area (Å²) in [5.74, 6) is 1.15. The zero-order chi connectivity index (χ0) is 11.3. The summed E-state index contributed by atoms with van der Waals surface area (Å²) in [6.45, 7) is 3.16. The molecule has 4 heteroatoms. The molecule has 0 saturated heterocycles.